The van der Waals surface area contributed by atoms with Gasteiger partial charge in [0.25, 0.3) is 5.91 Å². The van der Waals surface area contributed by atoms with Crippen molar-refractivity contribution in [2.24, 2.45) is 0 Å². The van der Waals surface area contributed by atoms with Crippen molar-refractivity contribution in [3.05, 3.63) is 47.9 Å². The Morgan fingerprint density at radius 3 is 2.52 bits per heavy atom. The third-order valence-corrected chi connectivity index (χ3v) is 6.86. The van der Waals surface area contributed by atoms with E-state index in [-0.39, 0.29) is 22.8 Å². The molecule has 31 heavy (non-hydrogen) atoms. The maximum Gasteiger partial charge on any atom is 0.342 e. The first-order chi connectivity index (χ1) is 14.9. The van der Waals surface area contributed by atoms with E-state index in [0.717, 1.165) is 25.7 Å². The molecule has 0 atom stereocenters. The summed E-state index contributed by atoms with van der Waals surface area (Å²) in [5, 5.41) is 2.56. The van der Waals surface area contributed by atoms with E-state index in [1.807, 2.05) is 0 Å². The van der Waals surface area contributed by atoms with Gasteiger partial charge in [-0.15, -0.1) is 0 Å². The Morgan fingerprint density at radius 1 is 1.13 bits per heavy atom. The van der Waals surface area contributed by atoms with Crippen molar-refractivity contribution in [1.82, 2.24) is 9.62 Å². The average Bonchev–Trinajstić information content (AvgIpc) is 3.14. The molecule has 1 saturated heterocycles. The Kier molecular flexibility index (Phi) is 7.69. The fraction of sp³-hybridized carbons (Fsp3) is 0.429. The summed E-state index contributed by atoms with van der Waals surface area (Å²) >= 11 is 0. The zero-order valence-electron chi connectivity index (χ0n) is 17.3. The van der Waals surface area contributed by atoms with Crippen molar-refractivity contribution < 1.29 is 31.9 Å². The van der Waals surface area contributed by atoms with Crippen LogP contribution < -0.4 is 10.1 Å². The van der Waals surface area contributed by atoms with Gasteiger partial charge in [0.1, 0.15) is 17.1 Å². The topological polar surface area (TPSA) is 115 Å². The predicted octanol–water partition coefficient (Wildman–Crippen LogP) is 2.33. The van der Waals surface area contributed by atoms with Crippen molar-refractivity contribution >= 4 is 21.9 Å². The Balaban J connectivity index is 1.69. The highest BCUT2D eigenvalue weighted by Crippen LogP contribution is 2.26. The number of amides is 1. The Hall–Kier alpha value is -2.85. The van der Waals surface area contributed by atoms with Gasteiger partial charge in [0.2, 0.25) is 10.0 Å². The lowest BCUT2D eigenvalue weighted by Crippen LogP contribution is -2.32. The van der Waals surface area contributed by atoms with Crippen molar-refractivity contribution in [1.29, 1.82) is 0 Å². The Morgan fingerprint density at radius 2 is 1.87 bits per heavy atom. The maximum absolute atomic E-state index is 13.0. The van der Waals surface area contributed by atoms with Gasteiger partial charge in [0.15, 0.2) is 6.61 Å². The summed E-state index contributed by atoms with van der Waals surface area (Å²) in [4.78, 5) is 24.5. The van der Waals surface area contributed by atoms with Crippen LogP contribution in [0.5, 0.6) is 5.75 Å². The molecule has 1 aliphatic heterocycles. The number of nitrogens with zero attached hydrogens (tertiary/aromatic N) is 1. The van der Waals surface area contributed by atoms with Gasteiger partial charge in [-0.1, -0.05) is 12.8 Å². The highest BCUT2D eigenvalue weighted by atomic mass is 32.2. The largest absolute Gasteiger partial charge is 0.496 e. The third kappa shape index (κ3) is 5.86. The van der Waals surface area contributed by atoms with Crippen LogP contribution in [-0.4, -0.2) is 51.4 Å². The summed E-state index contributed by atoms with van der Waals surface area (Å²) in [6.45, 7) is 0.538. The molecule has 3 rings (SSSR count). The molecule has 1 fully saturated rings. The highest BCUT2D eigenvalue weighted by Gasteiger charge is 2.27. The molecule has 0 aliphatic carbocycles. The lowest BCUT2D eigenvalue weighted by molar-refractivity contribution is -0.124. The standard InChI is InChI=1S/C21H26N2O7S/c1-28-19-9-8-17(31(26,27)23-10-4-2-3-5-11-23)13-18(19)21(25)30-15-20(24)22-14-16-7-6-12-29-16/h6-9,12-13H,2-5,10-11,14-15H2,1H3,(H,22,24). The van der Waals surface area contributed by atoms with Gasteiger partial charge in [-0.25, -0.2) is 13.2 Å². The van der Waals surface area contributed by atoms with Gasteiger partial charge in [-0.2, -0.15) is 4.31 Å². The summed E-state index contributed by atoms with van der Waals surface area (Å²) in [6.07, 6.45) is 5.08. The van der Waals surface area contributed by atoms with Crippen LogP contribution in [0.3, 0.4) is 0 Å². The normalized spacial score (nSPS) is 15.1. The van der Waals surface area contributed by atoms with E-state index in [2.05, 4.69) is 5.32 Å². The first kappa shape index (κ1) is 22.8. The number of carbonyl (C=O) groups excluding carboxylic acids is 2. The first-order valence-electron chi connectivity index (χ1n) is 10.1. The first-order valence-corrected chi connectivity index (χ1v) is 11.5. The van der Waals surface area contributed by atoms with E-state index in [1.165, 1.54) is 35.9 Å². The van der Waals surface area contributed by atoms with Crippen LogP contribution in [0.25, 0.3) is 0 Å². The quantitative estimate of drug-likeness (QED) is 0.614. The number of rotatable bonds is 8. The van der Waals surface area contributed by atoms with Crippen LogP contribution in [0, 0.1) is 0 Å². The molecule has 0 radical (unpaired) electrons. The third-order valence-electron chi connectivity index (χ3n) is 4.97. The van der Waals surface area contributed by atoms with Crippen LogP contribution in [-0.2, 0) is 26.1 Å². The molecule has 0 saturated carbocycles. The van der Waals surface area contributed by atoms with Crippen LogP contribution in [0.4, 0.5) is 0 Å². The molecule has 168 valence electrons. The SMILES string of the molecule is COc1ccc(S(=O)(=O)N2CCCCCC2)cc1C(=O)OCC(=O)NCc1ccco1. The van der Waals surface area contributed by atoms with Gasteiger partial charge in [-0.3, -0.25) is 4.79 Å². The van der Waals surface area contributed by atoms with Crippen molar-refractivity contribution in [3.63, 3.8) is 0 Å². The number of ether oxygens (including phenoxy) is 2. The van der Waals surface area contributed by atoms with Gasteiger partial charge >= 0.3 is 5.97 Å². The van der Waals surface area contributed by atoms with Crippen LogP contribution in [0.15, 0.2) is 45.9 Å². The minimum absolute atomic E-state index is 0.00980. The molecule has 0 unspecified atom stereocenters. The zero-order valence-corrected chi connectivity index (χ0v) is 18.2. The second-order valence-electron chi connectivity index (χ2n) is 7.11. The average molecular weight is 451 g/mol. The predicted molar refractivity (Wildman–Crippen MR) is 111 cm³/mol. The van der Waals surface area contributed by atoms with Gasteiger partial charge in [0.05, 0.1) is 24.8 Å². The zero-order chi connectivity index (χ0) is 22.3. The van der Waals surface area contributed by atoms with Crippen molar-refractivity contribution in [2.75, 3.05) is 26.8 Å². The fourth-order valence-electron chi connectivity index (χ4n) is 3.30. The van der Waals surface area contributed by atoms with Gasteiger partial charge in [0, 0.05) is 13.1 Å². The summed E-state index contributed by atoms with van der Waals surface area (Å²) < 4.78 is 42.9. The van der Waals surface area contributed by atoms with Crippen molar-refractivity contribution in [3.8, 4) is 5.75 Å². The summed E-state index contributed by atoms with van der Waals surface area (Å²) in [7, 11) is -2.38. The molecular formula is C21H26N2O7S. The molecule has 10 heteroatoms. The maximum atomic E-state index is 13.0. The minimum Gasteiger partial charge on any atom is -0.496 e. The number of benzene rings is 1. The number of esters is 1. The van der Waals surface area contributed by atoms with E-state index in [0.29, 0.717) is 18.8 Å². The van der Waals surface area contributed by atoms with E-state index >= 15 is 0 Å². The Labute approximate surface area is 181 Å². The molecular weight excluding hydrogens is 424 g/mol. The molecule has 0 spiro atoms. The molecule has 1 amide bonds. The minimum atomic E-state index is -3.75. The summed E-state index contributed by atoms with van der Waals surface area (Å²) in [5.74, 6) is -0.640. The van der Waals surface area contributed by atoms with Crippen molar-refractivity contribution in [2.45, 2.75) is 37.1 Å². The number of hydrogen-bond donors (Lipinski definition) is 1. The second-order valence-corrected chi connectivity index (χ2v) is 9.05. The number of methoxy groups -OCH3 is 1. The lowest BCUT2D eigenvalue weighted by Gasteiger charge is -2.20. The van der Waals surface area contributed by atoms with Crippen LogP contribution >= 0.6 is 0 Å². The number of furan rings is 1. The molecule has 1 N–H and O–H groups in total. The molecule has 1 aromatic carbocycles. The second kappa shape index (κ2) is 10.5. The number of nitrogens with one attached hydrogen (secondary N) is 1. The summed E-state index contributed by atoms with van der Waals surface area (Å²) in [5.41, 5.74) is -0.0581. The van der Waals surface area contributed by atoms with E-state index in [4.69, 9.17) is 13.9 Å². The number of hydrogen-bond acceptors (Lipinski definition) is 7. The van der Waals surface area contributed by atoms with Gasteiger partial charge < -0.3 is 19.2 Å². The van der Waals surface area contributed by atoms with Crippen LogP contribution in [0.2, 0.25) is 0 Å². The molecule has 2 aromatic rings. The highest BCUT2D eigenvalue weighted by molar-refractivity contribution is 7.89. The number of sulfonamides is 1. The molecule has 2 heterocycles. The monoisotopic (exact) mass is 450 g/mol. The van der Waals surface area contributed by atoms with E-state index in [9.17, 15) is 18.0 Å². The van der Waals surface area contributed by atoms with Crippen LogP contribution in [0.1, 0.15) is 41.8 Å². The summed E-state index contributed by atoms with van der Waals surface area (Å²) in [6, 6.07) is 7.46. The molecule has 0 bridgehead atoms. The Bertz CT molecular complexity index is 995. The van der Waals surface area contributed by atoms with E-state index in [1.54, 1.807) is 12.1 Å². The molecule has 1 aliphatic rings. The fourth-order valence-corrected chi connectivity index (χ4v) is 4.84. The van der Waals surface area contributed by atoms with Gasteiger partial charge in [-0.05, 0) is 43.2 Å². The van der Waals surface area contributed by atoms with E-state index < -0.39 is 28.5 Å². The number of carbonyl (C=O) groups is 2. The lowest BCUT2D eigenvalue weighted by atomic mass is 10.2. The smallest absolute Gasteiger partial charge is 0.342 e. The molecule has 9 nitrogen and oxygen atoms in total. The molecule has 1 aromatic heterocycles.